The molecule has 3 aromatic rings. The van der Waals surface area contributed by atoms with Crippen LogP contribution in [0.25, 0.3) is 0 Å². The molecule has 0 aliphatic heterocycles. The summed E-state index contributed by atoms with van der Waals surface area (Å²) in [6, 6.07) is 23.2. The number of ether oxygens (including phenoxy) is 1. The predicted molar refractivity (Wildman–Crippen MR) is 110 cm³/mol. The Bertz CT molecular complexity index is 951. The highest BCUT2D eigenvalue weighted by molar-refractivity contribution is 6.09. The molecule has 0 heterocycles. The van der Waals surface area contributed by atoms with Crippen LogP contribution in [0.2, 0.25) is 0 Å². The number of benzene rings is 3. The average molecular weight is 374 g/mol. The molecule has 0 aliphatic carbocycles. The van der Waals surface area contributed by atoms with Gasteiger partial charge in [-0.05, 0) is 62.4 Å². The molecule has 28 heavy (non-hydrogen) atoms. The number of hydrogen-bond donors (Lipinski definition) is 2. The first-order valence-corrected chi connectivity index (χ1v) is 9.07. The fourth-order valence-electron chi connectivity index (χ4n) is 2.62. The number of para-hydroxylation sites is 2. The van der Waals surface area contributed by atoms with Crippen molar-refractivity contribution in [1.82, 2.24) is 5.32 Å². The number of carbonyl (C=O) groups excluding carboxylic acids is 2. The lowest BCUT2D eigenvalue weighted by molar-refractivity contribution is 0.0944. The molecule has 0 saturated carbocycles. The van der Waals surface area contributed by atoms with E-state index < -0.39 is 0 Å². The number of nitrogens with one attached hydrogen (secondary N) is 2. The van der Waals surface area contributed by atoms with E-state index in [4.69, 9.17) is 4.74 Å². The summed E-state index contributed by atoms with van der Waals surface area (Å²) in [5.74, 6) is 0.845. The van der Waals surface area contributed by atoms with Gasteiger partial charge in [-0.1, -0.05) is 30.3 Å². The third-order valence-electron chi connectivity index (χ3n) is 3.94. The van der Waals surface area contributed by atoms with E-state index in [1.165, 1.54) is 0 Å². The second kappa shape index (κ2) is 8.86. The first-order chi connectivity index (χ1) is 13.5. The van der Waals surface area contributed by atoms with Crippen molar-refractivity contribution in [3.05, 3.63) is 90.0 Å². The monoisotopic (exact) mass is 374 g/mol. The van der Waals surface area contributed by atoms with Gasteiger partial charge in [0.1, 0.15) is 11.5 Å². The zero-order chi connectivity index (χ0) is 19.9. The second-order valence-electron chi connectivity index (χ2n) is 6.57. The summed E-state index contributed by atoms with van der Waals surface area (Å²) in [6.07, 6.45) is 0. The molecule has 0 unspecified atom stereocenters. The third kappa shape index (κ3) is 4.98. The number of hydrogen-bond acceptors (Lipinski definition) is 3. The van der Waals surface area contributed by atoms with Gasteiger partial charge in [-0.15, -0.1) is 0 Å². The van der Waals surface area contributed by atoms with Crippen LogP contribution in [0.1, 0.15) is 34.6 Å². The maximum atomic E-state index is 12.6. The number of anilines is 1. The quantitative estimate of drug-likeness (QED) is 0.647. The molecule has 0 saturated heterocycles. The van der Waals surface area contributed by atoms with E-state index in [1.807, 2.05) is 44.2 Å². The Hall–Kier alpha value is -3.60. The molecule has 3 aromatic carbocycles. The number of amides is 2. The molecule has 2 N–H and O–H groups in total. The zero-order valence-electron chi connectivity index (χ0n) is 15.8. The average Bonchev–Trinajstić information content (AvgIpc) is 2.69. The van der Waals surface area contributed by atoms with Crippen LogP contribution < -0.4 is 15.4 Å². The molecule has 3 rings (SSSR count). The summed E-state index contributed by atoms with van der Waals surface area (Å²) in [5.41, 5.74) is 1.36. The summed E-state index contributed by atoms with van der Waals surface area (Å²) in [5, 5.41) is 5.65. The summed E-state index contributed by atoms with van der Waals surface area (Å²) < 4.78 is 5.73. The van der Waals surface area contributed by atoms with Gasteiger partial charge in [-0.3, -0.25) is 9.59 Å². The highest BCUT2D eigenvalue weighted by atomic mass is 16.5. The van der Waals surface area contributed by atoms with Crippen molar-refractivity contribution < 1.29 is 14.3 Å². The van der Waals surface area contributed by atoms with Gasteiger partial charge in [-0.25, -0.2) is 0 Å². The topological polar surface area (TPSA) is 67.4 Å². The van der Waals surface area contributed by atoms with E-state index in [0.717, 1.165) is 5.75 Å². The van der Waals surface area contributed by atoms with Crippen LogP contribution in [0, 0.1) is 0 Å². The van der Waals surface area contributed by atoms with Gasteiger partial charge >= 0.3 is 0 Å². The van der Waals surface area contributed by atoms with Gasteiger partial charge in [0.05, 0.1) is 11.3 Å². The van der Waals surface area contributed by atoms with Crippen LogP contribution in [0.15, 0.2) is 78.9 Å². The van der Waals surface area contributed by atoms with Crippen LogP contribution in [0.4, 0.5) is 5.69 Å². The first-order valence-electron chi connectivity index (χ1n) is 9.07. The van der Waals surface area contributed by atoms with Crippen molar-refractivity contribution in [3.8, 4) is 11.5 Å². The summed E-state index contributed by atoms with van der Waals surface area (Å²) in [4.78, 5) is 24.9. The maximum absolute atomic E-state index is 12.6. The van der Waals surface area contributed by atoms with Crippen LogP contribution >= 0.6 is 0 Å². The lowest BCUT2D eigenvalue weighted by Crippen LogP contribution is -2.31. The van der Waals surface area contributed by atoms with Crippen molar-refractivity contribution in [2.75, 3.05) is 5.32 Å². The smallest absolute Gasteiger partial charge is 0.255 e. The first kappa shape index (κ1) is 19.2. The standard InChI is InChI=1S/C23H22N2O3/c1-16(2)24-23(27)20-10-6-7-11-21(20)25-22(26)17-12-14-19(15-13-17)28-18-8-4-3-5-9-18/h3-16H,1-2H3,(H,24,27)(H,25,26). The van der Waals surface area contributed by atoms with Crippen molar-refractivity contribution in [2.24, 2.45) is 0 Å². The second-order valence-corrected chi connectivity index (χ2v) is 6.57. The van der Waals surface area contributed by atoms with E-state index in [1.54, 1.807) is 48.5 Å². The Morgan fingerprint density at radius 1 is 0.750 bits per heavy atom. The lowest BCUT2D eigenvalue weighted by Gasteiger charge is -2.13. The fraction of sp³-hybridized carbons (Fsp3) is 0.130. The van der Waals surface area contributed by atoms with E-state index >= 15 is 0 Å². The van der Waals surface area contributed by atoms with Gasteiger partial charge in [0, 0.05) is 11.6 Å². The summed E-state index contributed by atoms with van der Waals surface area (Å²) in [6.45, 7) is 3.77. The number of carbonyl (C=O) groups is 2. The SMILES string of the molecule is CC(C)NC(=O)c1ccccc1NC(=O)c1ccc(Oc2ccccc2)cc1. The Balaban J connectivity index is 1.71. The van der Waals surface area contributed by atoms with Crippen molar-refractivity contribution in [3.63, 3.8) is 0 Å². The normalized spacial score (nSPS) is 10.4. The molecule has 2 amide bonds. The summed E-state index contributed by atoms with van der Waals surface area (Å²) in [7, 11) is 0. The Morgan fingerprint density at radius 3 is 2.04 bits per heavy atom. The molecular formula is C23H22N2O3. The highest BCUT2D eigenvalue weighted by Gasteiger charge is 2.14. The van der Waals surface area contributed by atoms with Crippen molar-refractivity contribution in [1.29, 1.82) is 0 Å². The highest BCUT2D eigenvalue weighted by Crippen LogP contribution is 2.22. The van der Waals surface area contributed by atoms with Crippen LogP contribution in [0.5, 0.6) is 11.5 Å². The molecule has 0 bridgehead atoms. The molecule has 142 valence electrons. The Morgan fingerprint density at radius 2 is 1.36 bits per heavy atom. The van der Waals surface area contributed by atoms with E-state index in [-0.39, 0.29) is 17.9 Å². The van der Waals surface area contributed by atoms with E-state index in [2.05, 4.69) is 10.6 Å². The minimum atomic E-state index is -0.295. The number of rotatable bonds is 6. The molecule has 0 aliphatic rings. The molecule has 5 heteroatoms. The molecule has 5 nitrogen and oxygen atoms in total. The zero-order valence-corrected chi connectivity index (χ0v) is 15.8. The van der Waals surface area contributed by atoms with Crippen LogP contribution in [-0.4, -0.2) is 17.9 Å². The van der Waals surface area contributed by atoms with Crippen LogP contribution in [0.3, 0.4) is 0 Å². The van der Waals surface area contributed by atoms with Gasteiger partial charge < -0.3 is 15.4 Å². The Labute approximate surface area is 164 Å². The largest absolute Gasteiger partial charge is 0.457 e. The molecular weight excluding hydrogens is 352 g/mol. The van der Waals surface area contributed by atoms with Gasteiger partial charge in [-0.2, -0.15) is 0 Å². The van der Waals surface area contributed by atoms with Gasteiger partial charge in [0.15, 0.2) is 0 Å². The molecule has 0 spiro atoms. The van der Waals surface area contributed by atoms with Crippen molar-refractivity contribution in [2.45, 2.75) is 19.9 Å². The minimum Gasteiger partial charge on any atom is -0.457 e. The molecule has 0 aromatic heterocycles. The molecule has 0 atom stereocenters. The van der Waals surface area contributed by atoms with Gasteiger partial charge in [0.25, 0.3) is 11.8 Å². The van der Waals surface area contributed by atoms with Crippen molar-refractivity contribution >= 4 is 17.5 Å². The van der Waals surface area contributed by atoms with Crippen LogP contribution in [-0.2, 0) is 0 Å². The molecule has 0 radical (unpaired) electrons. The lowest BCUT2D eigenvalue weighted by atomic mass is 10.1. The summed E-state index contributed by atoms with van der Waals surface area (Å²) >= 11 is 0. The molecule has 0 fully saturated rings. The minimum absolute atomic E-state index is 0.00779. The fourth-order valence-corrected chi connectivity index (χ4v) is 2.62. The van der Waals surface area contributed by atoms with E-state index in [0.29, 0.717) is 22.6 Å². The maximum Gasteiger partial charge on any atom is 0.255 e. The predicted octanol–water partition coefficient (Wildman–Crippen LogP) is 4.87. The third-order valence-corrected chi connectivity index (χ3v) is 3.94. The Kier molecular flexibility index (Phi) is 6.07. The van der Waals surface area contributed by atoms with E-state index in [9.17, 15) is 9.59 Å². The van der Waals surface area contributed by atoms with Gasteiger partial charge in [0.2, 0.25) is 0 Å².